The molecule has 2 aromatic rings. The molecule has 0 aliphatic carbocycles. The zero-order chi connectivity index (χ0) is 11.7. The number of hydrogen-bond donors (Lipinski definition) is 3. The Morgan fingerprint density at radius 3 is 2.94 bits per heavy atom. The zero-order valence-electron chi connectivity index (χ0n) is 8.90. The van der Waals surface area contributed by atoms with E-state index in [-0.39, 0.29) is 5.75 Å². The number of H-pyrrole nitrogens is 1. The molecule has 0 aliphatic heterocycles. The van der Waals surface area contributed by atoms with Gasteiger partial charge >= 0.3 is 5.97 Å². The highest BCUT2D eigenvalue weighted by molar-refractivity contribution is 5.85. The fraction of sp³-hybridized carbons (Fsp3) is 0.250. The average molecular weight is 219 g/mol. The number of phenols is 1. The minimum Gasteiger partial charge on any atom is -0.508 e. The average Bonchev–Trinajstić information content (AvgIpc) is 2.60. The number of rotatable bonds is 3. The highest BCUT2D eigenvalue weighted by Gasteiger charge is 2.14. The number of fused-ring (bicyclic) bond motifs is 1. The van der Waals surface area contributed by atoms with Gasteiger partial charge in [0.05, 0.1) is 5.92 Å². The molecule has 16 heavy (non-hydrogen) atoms. The van der Waals surface area contributed by atoms with Gasteiger partial charge in [0.1, 0.15) is 5.75 Å². The summed E-state index contributed by atoms with van der Waals surface area (Å²) in [5.74, 6) is -1.01. The second-order valence-corrected chi connectivity index (χ2v) is 3.99. The molecule has 0 bridgehead atoms. The maximum absolute atomic E-state index is 10.8. The van der Waals surface area contributed by atoms with E-state index in [9.17, 15) is 9.90 Å². The van der Waals surface area contributed by atoms with Crippen LogP contribution in [0.1, 0.15) is 12.5 Å². The van der Waals surface area contributed by atoms with Crippen LogP contribution in [0, 0.1) is 5.92 Å². The highest BCUT2D eigenvalue weighted by atomic mass is 16.4. The first-order valence-corrected chi connectivity index (χ1v) is 5.09. The van der Waals surface area contributed by atoms with Crippen LogP contribution < -0.4 is 0 Å². The molecule has 0 saturated carbocycles. The Kier molecular flexibility index (Phi) is 2.56. The molecule has 0 radical (unpaired) electrons. The predicted octanol–water partition coefficient (Wildman–Crippen LogP) is 2.14. The molecule has 1 atom stereocenters. The van der Waals surface area contributed by atoms with E-state index in [4.69, 9.17) is 5.11 Å². The van der Waals surface area contributed by atoms with Gasteiger partial charge < -0.3 is 15.2 Å². The molecule has 1 heterocycles. The zero-order valence-corrected chi connectivity index (χ0v) is 8.90. The normalized spacial score (nSPS) is 12.8. The molecule has 84 valence electrons. The molecule has 2 rings (SSSR count). The number of aromatic nitrogens is 1. The summed E-state index contributed by atoms with van der Waals surface area (Å²) in [6.07, 6.45) is 2.28. The third-order valence-electron chi connectivity index (χ3n) is 2.70. The standard InChI is InChI=1S/C12H13NO3/c1-7(12(15)16)4-8-6-13-11-5-9(14)2-3-10(8)11/h2-3,5-7,13-14H,4H2,1H3,(H,15,16). The third-order valence-corrected chi connectivity index (χ3v) is 2.70. The minimum atomic E-state index is -0.798. The summed E-state index contributed by atoms with van der Waals surface area (Å²) in [6, 6.07) is 5.03. The highest BCUT2D eigenvalue weighted by Crippen LogP contribution is 2.24. The number of carboxylic acids is 1. The van der Waals surface area contributed by atoms with E-state index in [1.807, 2.05) is 0 Å². The summed E-state index contributed by atoms with van der Waals surface area (Å²) in [4.78, 5) is 13.8. The third kappa shape index (κ3) is 1.86. The van der Waals surface area contributed by atoms with Crippen molar-refractivity contribution in [2.75, 3.05) is 0 Å². The Morgan fingerprint density at radius 2 is 2.25 bits per heavy atom. The maximum atomic E-state index is 10.8. The van der Waals surface area contributed by atoms with Gasteiger partial charge in [0.15, 0.2) is 0 Å². The summed E-state index contributed by atoms with van der Waals surface area (Å²) >= 11 is 0. The van der Waals surface area contributed by atoms with Gasteiger partial charge in [-0.2, -0.15) is 0 Å². The number of aromatic hydroxyl groups is 1. The van der Waals surface area contributed by atoms with Crippen molar-refractivity contribution < 1.29 is 15.0 Å². The Hall–Kier alpha value is -1.97. The van der Waals surface area contributed by atoms with E-state index in [0.717, 1.165) is 16.5 Å². The number of aromatic amines is 1. The molecule has 4 nitrogen and oxygen atoms in total. The molecule has 4 heteroatoms. The van der Waals surface area contributed by atoms with Gasteiger partial charge in [0, 0.05) is 23.2 Å². The van der Waals surface area contributed by atoms with E-state index in [1.165, 1.54) is 0 Å². The Morgan fingerprint density at radius 1 is 1.50 bits per heavy atom. The number of phenolic OH excluding ortho intramolecular Hbond substituents is 1. The molecule has 1 aromatic carbocycles. The van der Waals surface area contributed by atoms with Gasteiger partial charge in [-0.1, -0.05) is 6.92 Å². The van der Waals surface area contributed by atoms with Crippen LogP contribution in [0.5, 0.6) is 5.75 Å². The monoisotopic (exact) mass is 219 g/mol. The first-order valence-electron chi connectivity index (χ1n) is 5.09. The van der Waals surface area contributed by atoms with Crippen LogP contribution in [0.2, 0.25) is 0 Å². The van der Waals surface area contributed by atoms with Crippen molar-refractivity contribution in [3.8, 4) is 5.75 Å². The van der Waals surface area contributed by atoms with Crippen LogP contribution in [0.4, 0.5) is 0 Å². The number of hydrogen-bond acceptors (Lipinski definition) is 2. The summed E-state index contributed by atoms with van der Waals surface area (Å²) in [5, 5.41) is 19.1. The molecule has 0 spiro atoms. The van der Waals surface area contributed by atoms with Crippen LogP contribution in [0.3, 0.4) is 0 Å². The van der Waals surface area contributed by atoms with Crippen molar-refractivity contribution >= 4 is 16.9 Å². The Bertz CT molecular complexity index is 530. The summed E-state index contributed by atoms with van der Waals surface area (Å²) in [6.45, 7) is 1.68. The van der Waals surface area contributed by atoms with Crippen molar-refractivity contribution in [1.29, 1.82) is 0 Å². The number of carboxylic acid groups (broad SMARTS) is 1. The van der Waals surface area contributed by atoms with Gasteiger partial charge in [0.2, 0.25) is 0 Å². The molecule has 1 aromatic heterocycles. The van der Waals surface area contributed by atoms with Gasteiger partial charge in [-0.05, 0) is 24.1 Å². The molecule has 0 fully saturated rings. The summed E-state index contributed by atoms with van der Waals surface area (Å²) in [7, 11) is 0. The van der Waals surface area contributed by atoms with Gasteiger partial charge in [-0.25, -0.2) is 0 Å². The maximum Gasteiger partial charge on any atom is 0.306 e. The fourth-order valence-electron chi connectivity index (χ4n) is 1.76. The van der Waals surface area contributed by atoms with E-state index in [1.54, 1.807) is 31.3 Å². The molecule has 0 amide bonds. The Labute approximate surface area is 92.5 Å². The van der Waals surface area contributed by atoms with Crippen molar-refractivity contribution in [1.82, 2.24) is 4.98 Å². The lowest BCUT2D eigenvalue weighted by Crippen LogP contribution is -2.11. The first-order chi connectivity index (χ1) is 7.58. The predicted molar refractivity (Wildman–Crippen MR) is 60.5 cm³/mol. The van der Waals surface area contributed by atoms with Crippen LogP contribution in [-0.2, 0) is 11.2 Å². The smallest absolute Gasteiger partial charge is 0.306 e. The SMILES string of the molecule is CC(Cc1c[nH]c2cc(O)ccc12)C(=O)O. The van der Waals surface area contributed by atoms with Crippen LogP contribution in [0.25, 0.3) is 10.9 Å². The van der Waals surface area contributed by atoms with Crippen molar-refractivity contribution in [2.24, 2.45) is 5.92 Å². The number of aliphatic carboxylic acids is 1. The lowest BCUT2D eigenvalue weighted by atomic mass is 10.0. The molecule has 0 saturated heterocycles. The quantitative estimate of drug-likeness (QED) is 0.740. The van der Waals surface area contributed by atoms with E-state index >= 15 is 0 Å². The first kappa shape index (κ1) is 10.5. The largest absolute Gasteiger partial charge is 0.508 e. The van der Waals surface area contributed by atoms with E-state index in [0.29, 0.717) is 6.42 Å². The van der Waals surface area contributed by atoms with E-state index in [2.05, 4.69) is 4.98 Å². The number of carbonyl (C=O) groups is 1. The van der Waals surface area contributed by atoms with Crippen molar-refractivity contribution in [3.05, 3.63) is 30.0 Å². The van der Waals surface area contributed by atoms with Crippen LogP contribution in [0.15, 0.2) is 24.4 Å². The molecule has 1 unspecified atom stereocenters. The summed E-state index contributed by atoms with van der Waals surface area (Å²) < 4.78 is 0. The Balaban J connectivity index is 2.35. The van der Waals surface area contributed by atoms with Crippen LogP contribution in [-0.4, -0.2) is 21.2 Å². The van der Waals surface area contributed by atoms with Crippen molar-refractivity contribution in [2.45, 2.75) is 13.3 Å². The van der Waals surface area contributed by atoms with Gasteiger partial charge in [-0.15, -0.1) is 0 Å². The lowest BCUT2D eigenvalue weighted by molar-refractivity contribution is -0.141. The second-order valence-electron chi connectivity index (χ2n) is 3.99. The number of benzene rings is 1. The number of nitrogens with one attached hydrogen (secondary N) is 1. The molecular formula is C12H13NO3. The molecule has 3 N–H and O–H groups in total. The summed E-state index contributed by atoms with van der Waals surface area (Å²) in [5.41, 5.74) is 1.79. The topological polar surface area (TPSA) is 73.3 Å². The van der Waals surface area contributed by atoms with E-state index < -0.39 is 11.9 Å². The fourth-order valence-corrected chi connectivity index (χ4v) is 1.76. The second kappa shape index (κ2) is 3.89. The van der Waals surface area contributed by atoms with Gasteiger partial charge in [0.25, 0.3) is 0 Å². The lowest BCUT2D eigenvalue weighted by Gasteiger charge is -2.04. The molecule has 0 aliphatic rings. The molecular weight excluding hydrogens is 206 g/mol. The van der Waals surface area contributed by atoms with Crippen LogP contribution >= 0.6 is 0 Å². The van der Waals surface area contributed by atoms with Gasteiger partial charge in [-0.3, -0.25) is 4.79 Å². The van der Waals surface area contributed by atoms with Crippen molar-refractivity contribution in [3.63, 3.8) is 0 Å². The minimum absolute atomic E-state index is 0.201.